The molecule has 0 aliphatic carbocycles. The Labute approximate surface area is 138 Å². The van der Waals surface area contributed by atoms with Crippen LogP contribution in [0.15, 0.2) is 33.2 Å². The van der Waals surface area contributed by atoms with Crippen LogP contribution in [0.25, 0.3) is 0 Å². The van der Waals surface area contributed by atoms with Gasteiger partial charge in [0.15, 0.2) is 0 Å². The maximum Gasteiger partial charge on any atom is 0.337 e. The lowest BCUT2D eigenvalue weighted by molar-refractivity contribution is 0.0695. The van der Waals surface area contributed by atoms with Gasteiger partial charge < -0.3 is 14.6 Å². The van der Waals surface area contributed by atoms with E-state index in [1.54, 1.807) is 26.2 Å². The first kappa shape index (κ1) is 15.8. The number of halogens is 2. The van der Waals surface area contributed by atoms with Crippen molar-refractivity contribution < 1.29 is 19.4 Å². The van der Waals surface area contributed by atoms with Gasteiger partial charge in [0, 0.05) is 6.07 Å². The smallest absolute Gasteiger partial charge is 0.337 e. The third kappa shape index (κ3) is 3.54. The summed E-state index contributed by atoms with van der Waals surface area (Å²) in [6.07, 6.45) is 0. The van der Waals surface area contributed by atoms with Crippen molar-refractivity contribution >= 4 is 37.8 Å². The molecule has 2 aromatic rings. The third-order valence-corrected chi connectivity index (χ3v) is 3.95. The lowest BCUT2D eigenvalue weighted by Crippen LogP contribution is -2.02. The van der Waals surface area contributed by atoms with Gasteiger partial charge in [-0.3, -0.25) is 0 Å². The molecule has 0 radical (unpaired) electrons. The largest absolute Gasteiger partial charge is 0.496 e. The monoisotopic (exact) mass is 415 g/mol. The third-order valence-electron chi connectivity index (χ3n) is 2.71. The van der Waals surface area contributed by atoms with Crippen molar-refractivity contribution in [2.24, 2.45) is 0 Å². The van der Waals surface area contributed by atoms with E-state index in [-0.39, 0.29) is 5.56 Å². The number of aryl methyl sites for hydroxylation is 1. The van der Waals surface area contributed by atoms with E-state index in [1.807, 2.05) is 0 Å². The quantitative estimate of drug-likeness (QED) is 0.799. The number of benzene rings is 1. The van der Waals surface area contributed by atoms with Crippen LogP contribution in [0.2, 0.25) is 0 Å². The SMILES string of the molecule is COc1cc(Br)c(Oc2ccc(C(=O)O)c(C)n2)cc1Br. The molecule has 7 heteroatoms. The minimum absolute atomic E-state index is 0.150. The highest BCUT2D eigenvalue weighted by atomic mass is 79.9. The van der Waals surface area contributed by atoms with Crippen LogP contribution in [0.5, 0.6) is 17.4 Å². The Morgan fingerprint density at radius 1 is 1.19 bits per heavy atom. The molecule has 0 aliphatic rings. The minimum Gasteiger partial charge on any atom is -0.496 e. The number of aromatic carboxylic acids is 1. The van der Waals surface area contributed by atoms with Gasteiger partial charge in [-0.2, -0.15) is 0 Å². The highest BCUT2D eigenvalue weighted by molar-refractivity contribution is 9.11. The van der Waals surface area contributed by atoms with Crippen LogP contribution in [0, 0.1) is 6.92 Å². The molecule has 0 spiro atoms. The molecule has 110 valence electrons. The Kier molecular flexibility index (Phi) is 4.84. The van der Waals surface area contributed by atoms with Crippen LogP contribution in [0.4, 0.5) is 0 Å². The van der Waals surface area contributed by atoms with E-state index in [4.69, 9.17) is 14.6 Å². The number of pyridine rings is 1. The van der Waals surface area contributed by atoms with Gasteiger partial charge >= 0.3 is 5.97 Å². The highest BCUT2D eigenvalue weighted by Crippen LogP contribution is 2.37. The maximum absolute atomic E-state index is 11.0. The lowest BCUT2D eigenvalue weighted by Gasteiger charge is -2.11. The summed E-state index contributed by atoms with van der Waals surface area (Å²) in [7, 11) is 1.57. The second-order valence-electron chi connectivity index (χ2n) is 4.11. The van der Waals surface area contributed by atoms with E-state index in [0.29, 0.717) is 27.5 Å². The first-order valence-electron chi connectivity index (χ1n) is 5.84. The van der Waals surface area contributed by atoms with Gasteiger partial charge in [-0.1, -0.05) is 0 Å². The Morgan fingerprint density at radius 3 is 2.38 bits per heavy atom. The van der Waals surface area contributed by atoms with Gasteiger partial charge in [0.05, 0.1) is 27.3 Å². The minimum atomic E-state index is -1.01. The number of carbonyl (C=O) groups is 1. The second kappa shape index (κ2) is 6.44. The number of carboxylic acids is 1. The highest BCUT2D eigenvalue weighted by Gasteiger charge is 2.12. The van der Waals surface area contributed by atoms with E-state index in [2.05, 4.69) is 36.8 Å². The molecule has 1 aromatic heterocycles. The van der Waals surface area contributed by atoms with Gasteiger partial charge in [0.25, 0.3) is 0 Å². The topological polar surface area (TPSA) is 68.7 Å². The van der Waals surface area contributed by atoms with Gasteiger partial charge in [-0.15, -0.1) is 0 Å². The molecule has 2 rings (SSSR count). The van der Waals surface area contributed by atoms with Crippen LogP contribution in [0.1, 0.15) is 16.1 Å². The van der Waals surface area contributed by atoms with Crippen molar-refractivity contribution in [1.82, 2.24) is 4.98 Å². The number of ether oxygens (including phenoxy) is 2. The number of nitrogens with zero attached hydrogens (tertiary/aromatic N) is 1. The summed E-state index contributed by atoms with van der Waals surface area (Å²) < 4.78 is 12.3. The zero-order chi connectivity index (χ0) is 15.6. The predicted molar refractivity (Wildman–Crippen MR) is 84.4 cm³/mol. The van der Waals surface area contributed by atoms with Gasteiger partial charge in [-0.25, -0.2) is 9.78 Å². The molecule has 0 saturated carbocycles. The first-order valence-corrected chi connectivity index (χ1v) is 7.42. The molecule has 1 N–H and O–H groups in total. The molecule has 0 unspecified atom stereocenters. The summed E-state index contributed by atoms with van der Waals surface area (Å²) in [5.74, 6) is 0.507. The molecule has 0 amide bonds. The molecule has 1 heterocycles. The molecular weight excluding hydrogens is 406 g/mol. The molecule has 0 saturated heterocycles. The van der Waals surface area contributed by atoms with Crippen LogP contribution in [-0.4, -0.2) is 23.2 Å². The molecular formula is C14H11Br2NO4. The molecule has 21 heavy (non-hydrogen) atoms. The van der Waals surface area contributed by atoms with Crippen molar-refractivity contribution in [3.63, 3.8) is 0 Å². The molecule has 1 aromatic carbocycles. The molecule has 5 nitrogen and oxygen atoms in total. The van der Waals surface area contributed by atoms with Crippen LogP contribution >= 0.6 is 31.9 Å². The van der Waals surface area contributed by atoms with E-state index >= 15 is 0 Å². The molecule has 0 bridgehead atoms. The van der Waals surface area contributed by atoms with Crippen molar-refractivity contribution in [3.05, 3.63) is 44.5 Å². The maximum atomic E-state index is 11.0. The van der Waals surface area contributed by atoms with E-state index in [1.165, 1.54) is 12.1 Å². The summed E-state index contributed by atoms with van der Waals surface area (Å²) in [6.45, 7) is 1.62. The molecule has 0 fully saturated rings. The molecule has 0 aliphatic heterocycles. The fraction of sp³-hybridized carbons (Fsp3) is 0.143. The average molecular weight is 417 g/mol. The Bertz CT molecular complexity index is 704. The first-order chi connectivity index (χ1) is 9.92. The van der Waals surface area contributed by atoms with Crippen LogP contribution in [0.3, 0.4) is 0 Å². The number of hydrogen-bond donors (Lipinski definition) is 1. The lowest BCUT2D eigenvalue weighted by atomic mass is 10.2. The summed E-state index contributed by atoms with van der Waals surface area (Å²) in [6, 6.07) is 6.48. The van der Waals surface area contributed by atoms with Crippen LogP contribution < -0.4 is 9.47 Å². The van der Waals surface area contributed by atoms with Crippen molar-refractivity contribution in [2.45, 2.75) is 6.92 Å². The number of carboxylic acid groups (broad SMARTS) is 1. The van der Waals surface area contributed by atoms with E-state index in [9.17, 15) is 4.79 Å². The van der Waals surface area contributed by atoms with Gasteiger partial charge in [0.1, 0.15) is 11.5 Å². The van der Waals surface area contributed by atoms with Gasteiger partial charge in [0.2, 0.25) is 5.88 Å². The van der Waals surface area contributed by atoms with Crippen molar-refractivity contribution in [1.29, 1.82) is 0 Å². The zero-order valence-corrected chi connectivity index (χ0v) is 14.4. The van der Waals surface area contributed by atoms with Gasteiger partial charge in [-0.05, 0) is 57.0 Å². The zero-order valence-electron chi connectivity index (χ0n) is 11.2. The molecule has 0 atom stereocenters. The predicted octanol–water partition coefficient (Wildman–Crippen LogP) is 4.41. The number of rotatable bonds is 4. The van der Waals surface area contributed by atoms with E-state index in [0.717, 1.165) is 4.47 Å². The Balaban J connectivity index is 2.32. The van der Waals surface area contributed by atoms with Crippen molar-refractivity contribution in [2.75, 3.05) is 7.11 Å². The van der Waals surface area contributed by atoms with Crippen molar-refractivity contribution in [3.8, 4) is 17.4 Å². The van der Waals surface area contributed by atoms with E-state index < -0.39 is 5.97 Å². The number of aromatic nitrogens is 1. The fourth-order valence-corrected chi connectivity index (χ4v) is 2.57. The fourth-order valence-electron chi connectivity index (χ4n) is 1.68. The Hall–Kier alpha value is -1.60. The average Bonchev–Trinajstić information content (AvgIpc) is 2.42. The summed E-state index contributed by atoms with van der Waals surface area (Å²) in [5.41, 5.74) is 0.543. The number of methoxy groups -OCH3 is 1. The Morgan fingerprint density at radius 2 is 1.81 bits per heavy atom. The number of hydrogen-bond acceptors (Lipinski definition) is 4. The summed E-state index contributed by atoms with van der Waals surface area (Å²) in [5, 5.41) is 8.98. The second-order valence-corrected chi connectivity index (χ2v) is 5.82. The summed E-state index contributed by atoms with van der Waals surface area (Å²) >= 11 is 6.76. The summed E-state index contributed by atoms with van der Waals surface area (Å²) in [4.78, 5) is 15.1. The normalized spacial score (nSPS) is 10.3. The van der Waals surface area contributed by atoms with Crippen LogP contribution in [-0.2, 0) is 0 Å². The standard InChI is InChI=1S/C14H11Br2NO4/c1-7-8(14(18)19)3-4-13(17-7)21-12-6-9(15)11(20-2)5-10(12)16/h3-6H,1-2H3,(H,18,19).